The third-order valence-electron chi connectivity index (χ3n) is 15.4. The average molecular weight is 987 g/mol. The van der Waals surface area contributed by atoms with Crippen molar-refractivity contribution in [2.45, 2.75) is 0 Å². The number of fused-ring (bicyclic) bond motifs is 9. The lowest BCUT2D eigenvalue weighted by Crippen LogP contribution is -2.74. The van der Waals surface area contributed by atoms with E-state index in [0.29, 0.717) is 17.6 Å². The second-order valence-electron chi connectivity index (χ2n) is 19.5. The van der Waals surface area contributed by atoms with Gasteiger partial charge >= 0.3 is 0 Å². The van der Waals surface area contributed by atoms with Crippen LogP contribution in [0.1, 0.15) is 0 Å². The Morgan fingerprint density at radius 3 is 1.11 bits per heavy atom. The number of benzene rings is 11. The maximum atomic E-state index is 5.63. The Balaban J connectivity index is 1.02. The predicted molar refractivity (Wildman–Crippen MR) is 317 cm³/mol. The molecule has 0 saturated carbocycles. The quantitative estimate of drug-likeness (QED) is 0.107. The molecule has 0 aliphatic rings. The standard InChI is InChI=1S/C69H46N6Si/c1-5-24-47(25-6-1)67-70-68(48-26-21-33-52(46-48)76(49-27-7-2-8-28-49,50-29-9-3-10-30-50)51-31-11-4-12-32-51)72-69(71-67)75-62-43-20-16-37-56(62)58-39-23-45-64(66(58)75)74-61-42-19-15-36-55(61)57-38-22-44-63(65(57)74)73-59-40-17-13-34-53(59)54-35-14-18-41-60(54)73/h1-46H. The van der Waals surface area contributed by atoms with Crippen LogP contribution in [0.15, 0.2) is 279 Å². The van der Waals surface area contributed by atoms with Crippen molar-refractivity contribution < 1.29 is 0 Å². The highest BCUT2D eigenvalue weighted by Gasteiger charge is 2.41. The minimum absolute atomic E-state index is 0.536. The highest BCUT2D eigenvalue weighted by molar-refractivity contribution is 7.19. The first-order valence-electron chi connectivity index (χ1n) is 25.9. The topological polar surface area (TPSA) is 53.5 Å². The van der Waals surface area contributed by atoms with E-state index in [4.69, 9.17) is 15.0 Å². The molecule has 0 unspecified atom stereocenters. The van der Waals surface area contributed by atoms with Gasteiger partial charge in [-0.05, 0) is 57.1 Å². The Kier molecular flexibility index (Phi) is 10.1. The molecule has 7 heteroatoms. The Bertz CT molecular complexity index is 4550. The van der Waals surface area contributed by atoms with Crippen LogP contribution in [-0.2, 0) is 0 Å². The van der Waals surface area contributed by atoms with Crippen LogP contribution in [0.25, 0.3) is 106 Å². The molecule has 76 heavy (non-hydrogen) atoms. The van der Waals surface area contributed by atoms with E-state index in [2.05, 4.69) is 275 Å². The number of para-hydroxylation sites is 6. The lowest BCUT2D eigenvalue weighted by molar-refractivity contribution is 0.950. The molecule has 0 spiro atoms. The zero-order valence-electron chi connectivity index (χ0n) is 41.2. The van der Waals surface area contributed by atoms with Gasteiger partial charge in [-0.25, -0.2) is 4.98 Å². The van der Waals surface area contributed by atoms with E-state index >= 15 is 0 Å². The summed E-state index contributed by atoms with van der Waals surface area (Å²) in [5.74, 6) is 1.73. The van der Waals surface area contributed by atoms with Gasteiger partial charge in [-0.3, -0.25) is 4.57 Å². The highest BCUT2D eigenvalue weighted by Crippen LogP contribution is 2.43. The van der Waals surface area contributed by atoms with Crippen molar-refractivity contribution in [3.63, 3.8) is 0 Å². The molecule has 0 aliphatic heterocycles. The Morgan fingerprint density at radius 1 is 0.250 bits per heavy atom. The van der Waals surface area contributed by atoms with Crippen molar-refractivity contribution in [1.29, 1.82) is 0 Å². The van der Waals surface area contributed by atoms with Crippen LogP contribution in [0.2, 0.25) is 0 Å². The third-order valence-corrected chi connectivity index (χ3v) is 20.2. The summed E-state index contributed by atoms with van der Waals surface area (Å²) < 4.78 is 7.20. The first-order valence-corrected chi connectivity index (χ1v) is 27.9. The normalized spacial score (nSPS) is 11.9. The van der Waals surface area contributed by atoms with Crippen LogP contribution in [0.3, 0.4) is 0 Å². The third kappa shape index (κ3) is 6.62. The number of nitrogens with zero attached hydrogens (tertiary/aromatic N) is 6. The fourth-order valence-corrected chi connectivity index (χ4v) is 17.1. The van der Waals surface area contributed by atoms with Crippen LogP contribution in [0.5, 0.6) is 0 Å². The SMILES string of the molecule is c1ccc(-c2nc(-c3cccc([Si](c4ccccc4)(c4ccccc4)c4ccccc4)c3)nc(-n3c4ccccc4c4cccc(-n5c6ccccc6c6cccc(-n7c8ccccc8c8ccccc87)c65)c43)n2)cc1. The van der Waals surface area contributed by atoms with E-state index in [1.54, 1.807) is 0 Å². The molecular formula is C69H46N6Si. The second kappa shape index (κ2) is 17.6. The number of aromatic nitrogens is 6. The average Bonchev–Trinajstić information content (AvgIpc) is 4.21. The maximum Gasteiger partial charge on any atom is 0.238 e. The first-order chi connectivity index (χ1) is 37.7. The molecule has 4 aromatic heterocycles. The van der Waals surface area contributed by atoms with Gasteiger partial charge in [0.2, 0.25) is 5.95 Å². The summed E-state index contributed by atoms with van der Waals surface area (Å²) in [6, 6.07) is 101. The molecule has 0 radical (unpaired) electrons. The van der Waals surface area contributed by atoms with E-state index in [-0.39, 0.29) is 0 Å². The van der Waals surface area contributed by atoms with Crippen LogP contribution in [0.4, 0.5) is 0 Å². The zero-order chi connectivity index (χ0) is 50.2. The minimum atomic E-state index is -2.90. The summed E-state index contributed by atoms with van der Waals surface area (Å²) in [4.78, 5) is 16.5. The Hall–Kier alpha value is -9.95. The fraction of sp³-hybridized carbons (Fsp3) is 0. The molecule has 11 aromatic carbocycles. The van der Waals surface area contributed by atoms with Crippen molar-refractivity contribution in [2.75, 3.05) is 0 Å². The lowest BCUT2D eigenvalue weighted by Gasteiger charge is -2.34. The molecule has 4 heterocycles. The number of rotatable bonds is 9. The van der Waals surface area contributed by atoms with Gasteiger partial charge in [-0.2, -0.15) is 9.97 Å². The molecule has 15 rings (SSSR count). The van der Waals surface area contributed by atoms with Gasteiger partial charge in [0.25, 0.3) is 0 Å². The van der Waals surface area contributed by atoms with Gasteiger partial charge < -0.3 is 9.13 Å². The van der Waals surface area contributed by atoms with E-state index < -0.39 is 8.07 Å². The summed E-state index contributed by atoms with van der Waals surface area (Å²) in [6.45, 7) is 0. The van der Waals surface area contributed by atoms with Gasteiger partial charge in [0.15, 0.2) is 19.7 Å². The molecular weight excluding hydrogens is 941 g/mol. The summed E-state index contributed by atoms with van der Waals surface area (Å²) in [5, 5.41) is 12.1. The highest BCUT2D eigenvalue weighted by atomic mass is 28.3. The lowest BCUT2D eigenvalue weighted by atomic mass is 10.1. The molecule has 0 atom stereocenters. The number of hydrogen-bond acceptors (Lipinski definition) is 3. The van der Waals surface area contributed by atoms with Crippen LogP contribution in [-0.4, -0.2) is 36.7 Å². The Morgan fingerprint density at radius 2 is 0.592 bits per heavy atom. The van der Waals surface area contributed by atoms with Crippen molar-refractivity contribution in [2.24, 2.45) is 0 Å². The molecule has 0 fully saturated rings. The van der Waals surface area contributed by atoms with Crippen molar-refractivity contribution in [1.82, 2.24) is 28.7 Å². The van der Waals surface area contributed by atoms with Crippen LogP contribution < -0.4 is 20.7 Å². The summed E-state index contributed by atoms with van der Waals surface area (Å²) in [7, 11) is -2.90. The number of hydrogen-bond donors (Lipinski definition) is 0. The smallest absolute Gasteiger partial charge is 0.238 e. The van der Waals surface area contributed by atoms with Gasteiger partial charge in [-0.1, -0.05) is 243 Å². The van der Waals surface area contributed by atoms with Gasteiger partial charge in [-0.15, -0.1) is 0 Å². The molecule has 15 aromatic rings. The molecule has 0 saturated heterocycles. The summed E-state index contributed by atoms with van der Waals surface area (Å²) in [6.07, 6.45) is 0. The van der Waals surface area contributed by atoms with Crippen molar-refractivity contribution in [3.05, 3.63) is 279 Å². The molecule has 0 N–H and O–H groups in total. The van der Waals surface area contributed by atoms with E-state index in [9.17, 15) is 0 Å². The summed E-state index contributed by atoms with van der Waals surface area (Å²) >= 11 is 0. The van der Waals surface area contributed by atoms with E-state index in [1.807, 2.05) is 18.2 Å². The van der Waals surface area contributed by atoms with Crippen molar-refractivity contribution >= 4 is 94.2 Å². The summed E-state index contributed by atoms with van der Waals surface area (Å²) in [5.41, 5.74) is 10.5. The van der Waals surface area contributed by atoms with E-state index in [0.717, 1.165) is 66.4 Å². The van der Waals surface area contributed by atoms with Crippen LogP contribution in [0, 0.1) is 0 Å². The Labute approximate surface area is 439 Å². The minimum Gasteiger partial charge on any atom is -0.307 e. The largest absolute Gasteiger partial charge is 0.307 e. The molecule has 0 amide bonds. The monoisotopic (exact) mass is 986 g/mol. The van der Waals surface area contributed by atoms with Gasteiger partial charge in [0, 0.05) is 43.4 Å². The van der Waals surface area contributed by atoms with Crippen LogP contribution >= 0.6 is 0 Å². The maximum absolute atomic E-state index is 5.63. The second-order valence-corrected chi connectivity index (χ2v) is 23.3. The molecule has 0 bridgehead atoms. The predicted octanol–water partition coefficient (Wildman–Crippen LogP) is 13.9. The van der Waals surface area contributed by atoms with Gasteiger partial charge in [0.1, 0.15) is 0 Å². The molecule has 356 valence electrons. The van der Waals surface area contributed by atoms with Crippen molar-refractivity contribution in [3.8, 4) is 40.1 Å². The van der Waals surface area contributed by atoms with Gasteiger partial charge in [0.05, 0.1) is 44.5 Å². The first kappa shape index (κ1) is 43.6. The fourth-order valence-electron chi connectivity index (χ4n) is 12.3. The zero-order valence-corrected chi connectivity index (χ0v) is 42.2. The van der Waals surface area contributed by atoms with E-state index in [1.165, 1.54) is 42.3 Å². The molecule has 0 aliphatic carbocycles. The molecule has 6 nitrogen and oxygen atoms in total.